The number of aromatic nitrogens is 5. The maximum Gasteiger partial charge on any atom is 0.416 e. The second-order valence-corrected chi connectivity index (χ2v) is 7.89. The first-order valence-corrected chi connectivity index (χ1v) is 10.5. The van der Waals surface area contributed by atoms with Crippen LogP contribution in [0, 0.1) is 13.8 Å². The number of halogens is 3. The number of pyridine rings is 1. The minimum atomic E-state index is -4.36. The SMILES string of the molecule is COc1nc(-c2cc(C)c(NC(C)c3ccc(C(F)(F)F)cc3)nn2)ccc1-n1cnc(C)c1. The van der Waals surface area contributed by atoms with Crippen LogP contribution in [-0.4, -0.2) is 31.8 Å². The molecule has 4 aromatic rings. The van der Waals surface area contributed by atoms with Gasteiger partial charge < -0.3 is 14.6 Å². The number of benzene rings is 1. The minimum Gasteiger partial charge on any atom is -0.479 e. The first kappa shape index (κ1) is 23.2. The summed E-state index contributed by atoms with van der Waals surface area (Å²) in [6.45, 7) is 5.62. The molecule has 7 nitrogen and oxygen atoms in total. The highest BCUT2D eigenvalue weighted by atomic mass is 19.4. The number of nitrogens with zero attached hydrogens (tertiary/aromatic N) is 5. The minimum absolute atomic E-state index is 0.266. The molecular formula is C24H23F3N6O. The Labute approximate surface area is 194 Å². The Bertz CT molecular complexity index is 1300. The van der Waals surface area contributed by atoms with Crippen molar-refractivity contribution in [2.24, 2.45) is 0 Å². The Hall–Kier alpha value is -3.95. The lowest BCUT2D eigenvalue weighted by molar-refractivity contribution is -0.137. The van der Waals surface area contributed by atoms with Crippen molar-refractivity contribution in [1.82, 2.24) is 24.7 Å². The zero-order valence-electron chi connectivity index (χ0n) is 19.1. The highest BCUT2D eigenvalue weighted by Gasteiger charge is 2.30. The fourth-order valence-electron chi connectivity index (χ4n) is 3.48. The number of nitrogens with one attached hydrogen (secondary N) is 1. The number of hydrogen-bond acceptors (Lipinski definition) is 6. The normalized spacial score (nSPS) is 12.4. The largest absolute Gasteiger partial charge is 0.479 e. The number of anilines is 1. The van der Waals surface area contributed by atoms with Crippen molar-refractivity contribution in [3.8, 4) is 23.0 Å². The van der Waals surface area contributed by atoms with Gasteiger partial charge in [0, 0.05) is 6.20 Å². The van der Waals surface area contributed by atoms with E-state index in [4.69, 9.17) is 4.74 Å². The van der Waals surface area contributed by atoms with Crippen LogP contribution in [0.15, 0.2) is 55.0 Å². The van der Waals surface area contributed by atoms with Crippen LogP contribution in [0.5, 0.6) is 5.88 Å². The number of alkyl halides is 3. The van der Waals surface area contributed by atoms with E-state index >= 15 is 0 Å². The molecule has 4 rings (SSSR count). The van der Waals surface area contributed by atoms with Crippen molar-refractivity contribution < 1.29 is 17.9 Å². The van der Waals surface area contributed by atoms with Crippen LogP contribution < -0.4 is 10.1 Å². The van der Waals surface area contributed by atoms with Gasteiger partial charge in [0.1, 0.15) is 11.4 Å². The molecule has 1 aromatic carbocycles. The third-order valence-corrected chi connectivity index (χ3v) is 5.36. The maximum atomic E-state index is 12.8. The number of rotatable bonds is 6. The van der Waals surface area contributed by atoms with Crippen molar-refractivity contribution in [3.63, 3.8) is 0 Å². The molecule has 3 heterocycles. The van der Waals surface area contributed by atoms with Crippen molar-refractivity contribution >= 4 is 5.82 Å². The van der Waals surface area contributed by atoms with Crippen LogP contribution in [0.1, 0.15) is 35.3 Å². The van der Waals surface area contributed by atoms with E-state index in [1.54, 1.807) is 13.4 Å². The molecule has 0 spiro atoms. The van der Waals surface area contributed by atoms with E-state index in [1.807, 2.05) is 49.7 Å². The predicted octanol–water partition coefficient (Wildman–Crippen LogP) is 5.54. The summed E-state index contributed by atoms with van der Waals surface area (Å²) in [5, 5.41) is 11.8. The first-order valence-electron chi connectivity index (χ1n) is 10.5. The van der Waals surface area contributed by atoms with Crippen LogP contribution in [0.4, 0.5) is 19.0 Å². The lowest BCUT2D eigenvalue weighted by Crippen LogP contribution is -2.11. The average molecular weight is 468 g/mol. The quantitative estimate of drug-likeness (QED) is 0.400. The number of hydrogen-bond donors (Lipinski definition) is 1. The van der Waals surface area contributed by atoms with Gasteiger partial charge in [0.25, 0.3) is 0 Å². The van der Waals surface area contributed by atoms with E-state index < -0.39 is 11.7 Å². The van der Waals surface area contributed by atoms with Gasteiger partial charge in [0.05, 0.1) is 36.4 Å². The summed E-state index contributed by atoms with van der Waals surface area (Å²) < 4.78 is 45.7. The molecule has 0 aliphatic heterocycles. The smallest absolute Gasteiger partial charge is 0.416 e. The third-order valence-electron chi connectivity index (χ3n) is 5.36. The van der Waals surface area contributed by atoms with Crippen molar-refractivity contribution in [1.29, 1.82) is 0 Å². The molecule has 0 aliphatic carbocycles. The topological polar surface area (TPSA) is 77.8 Å². The summed E-state index contributed by atoms with van der Waals surface area (Å²) in [5.41, 5.74) is 3.63. The van der Waals surface area contributed by atoms with Crippen molar-refractivity contribution in [3.05, 3.63) is 77.4 Å². The number of methoxy groups -OCH3 is 1. The lowest BCUT2D eigenvalue weighted by atomic mass is 10.1. The summed E-state index contributed by atoms with van der Waals surface area (Å²) in [6, 6.07) is 10.3. The van der Waals surface area contributed by atoms with Crippen LogP contribution in [-0.2, 0) is 6.18 Å². The number of ether oxygens (including phenoxy) is 1. The first-order chi connectivity index (χ1) is 16.2. The molecule has 3 aromatic heterocycles. The van der Waals surface area contributed by atoms with Crippen molar-refractivity contribution in [2.45, 2.75) is 33.0 Å². The molecule has 10 heteroatoms. The van der Waals surface area contributed by atoms with Gasteiger partial charge in [0.15, 0.2) is 5.82 Å². The van der Waals surface area contributed by atoms with Gasteiger partial charge in [-0.1, -0.05) is 12.1 Å². The number of imidazole rings is 1. The summed E-state index contributed by atoms with van der Waals surface area (Å²) in [6.07, 6.45) is -0.794. The van der Waals surface area contributed by atoms with Crippen LogP contribution in [0.25, 0.3) is 17.1 Å². The summed E-state index contributed by atoms with van der Waals surface area (Å²) in [7, 11) is 1.55. The van der Waals surface area contributed by atoms with Crippen LogP contribution >= 0.6 is 0 Å². The van der Waals surface area contributed by atoms with E-state index in [0.717, 1.165) is 29.1 Å². The highest BCUT2D eigenvalue weighted by Crippen LogP contribution is 2.31. The summed E-state index contributed by atoms with van der Waals surface area (Å²) in [5.74, 6) is 0.959. The summed E-state index contributed by atoms with van der Waals surface area (Å²) >= 11 is 0. The Balaban J connectivity index is 1.54. The molecule has 0 fully saturated rings. The van der Waals surface area contributed by atoms with Gasteiger partial charge in [-0.25, -0.2) is 9.97 Å². The Morgan fingerprint density at radius 2 is 1.74 bits per heavy atom. The zero-order valence-corrected chi connectivity index (χ0v) is 19.1. The van der Waals surface area contributed by atoms with Crippen LogP contribution in [0.2, 0.25) is 0 Å². The fourth-order valence-corrected chi connectivity index (χ4v) is 3.48. The summed E-state index contributed by atoms with van der Waals surface area (Å²) in [4.78, 5) is 8.80. The predicted molar refractivity (Wildman–Crippen MR) is 122 cm³/mol. The van der Waals surface area contributed by atoms with Gasteiger partial charge in [-0.3, -0.25) is 0 Å². The van der Waals surface area contributed by atoms with Crippen LogP contribution in [0.3, 0.4) is 0 Å². The lowest BCUT2D eigenvalue weighted by Gasteiger charge is -2.17. The third kappa shape index (κ3) is 4.85. The molecule has 0 aliphatic rings. The van der Waals surface area contributed by atoms with Gasteiger partial charge in [-0.2, -0.15) is 13.2 Å². The molecule has 0 radical (unpaired) electrons. The van der Waals surface area contributed by atoms with E-state index in [0.29, 0.717) is 28.6 Å². The molecule has 1 N–H and O–H groups in total. The second-order valence-electron chi connectivity index (χ2n) is 7.89. The zero-order chi connectivity index (χ0) is 24.5. The van der Waals surface area contributed by atoms with Gasteiger partial charge in [0.2, 0.25) is 5.88 Å². The Morgan fingerprint density at radius 1 is 1.00 bits per heavy atom. The molecule has 176 valence electrons. The second kappa shape index (κ2) is 9.12. The molecule has 0 saturated carbocycles. The monoisotopic (exact) mass is 468 g/mol. The van der Waals surface area contributed by atoms with E-state index in [2.05, 4.69) is 25.5 Å². The average Bonchev–Trinajstić information content (AvgIpc) is 3.25. The molecule has 0 bridgehead atoms. The van der Waals surface area contributed by atoms with E-state index in [-0.39, 0.29) is 6.04 Å². The molecule has 0 amide bonds. The number of aryl methyl sites for hydroxylation is 2. The molecule has 1 atom stereocenters. The van der Waals surface area contributed by atoms with E-state index in [9.17, 15) is 13.2 Å². The molecule has 34 heavy (non-hydrogen) atoms. The Morgan fingerprint density at radius 3 is 2.32 bits per heavy atom. The van der Waals surface area contributed by atoms with E-state index in [1.165, 1.54) is 12.1 Å². The van der Waals surface area contributed by atoms with Gasteiger partial charge >= 0.3 is 6.18 Å². The van der Waals surface area contributed by atoms with Crippen molar-refractivity contribution in [2.75, 3.05) is 12.4 Å². The fraction of sp³-hybridized carbons (Fsp3) is 0.250. The standard InChI is InChI=1S/C24H23F3N6O/c1-14-11-20(19-9-10-21(23(30-19)34-4)33-12-15(2)28-13-33)31-32-22(14)29-16(3)17-5-7-18(8-6-17)24(25,26)27/h5-13,16H,1-4H3,(H,29,32). The molecule has 1 unspecified atom stereocenters. The van der Waals surface area contributed by atoms with Gasteiger partial charge in [-0.05, 0) is 62.2 Å². The van der Waals surface area contributed by atoms with Gasteiger partial charge in [-0.15, -0.1) is 10.2 Å². The Kier molecular flexibility index (Phi) is 6.23. The maximum absolute atomic E-state index is 12.8. The highest BCUT2D eigenvalue weighted by molar-refractivity contribution is 5.61. The molecular weight excluding hydrogens is 445 g/mol. The molecule has 0 saturated heterocycles.